The van der Waals surface area contributed by atoms with Gasteiger partial charge in [0.25, 0.3) is 5.91 Å². The molecule has 3 aromatic carbocycles. The predicted molar refractivity (Wildman–Crippen MR) is 109 cm³/mol. The highest BCUT2D eigenvalue weighted by atomic mass is 16.5. The van der Waals surface area contributed by atoms with Gasteiger partial charge < -0.3 is 15.4 Å². The maximum absolute atomic E-state index is 12.7. The van der Waals surface area contributed by atoms with E-state index in [1.807, 2.05) is 54.6 Å². The Hall–Kier alpha value is -3.34. The molecule has 0 atom stereocenters. The summed E-state index contributed by atoms with van der Waals surface area (Å²) in [5.74, 6) is 0.881. The van der Waals surface area contributed by atoms with Gasteiger partial charge in [-0.3, -0.25) is 9.59 Å². The molecular formula is C23H22N2O3. The molecule has 0 aromatic heterocycles. The molecule has 0 saturated heterocycles. The van der Waals surface area contributed by atoms with Crippen LogP contribution in [0.4, 0.5) is 5.69 Å². The van der Waals surface area contributed by atoms with Crippen LogP contribution in [0.15, 0.2) is 60.7 Å². The van der Waals surface area contributed by atoms with E-state index >= 15 is 0 Å². The van der Waals surface area contributed by atoms with Crippen molar-refractivity contribution in [3.05, 3.63) is 71.8 Å². The smallest absolute Gasteiger partial charge is 0.252 e. The first-order valence-corrected chi connectivity index (χ1v) is 9.39. The van der Waals surface area contributed by atoms with Gasteiger partial charge in [-0.25, -0.2) is 0 Å². The normalized spacial score (nSPS) is 13.2. The number of carbonyl (C=O) groups excluding carboxylic acids is 2. The van der Waals surface area contributed by atoms with E-state index in [0.29, 0.717) is 12.1 Å². The zero-order valence-corrected chi connectivity index (χ0v) is 15.7. The molecule has 28 heavy (non-hydrogen) atoms. The number of benzene rings is 3. The molecular weight excluding hydrogens is 352 g/mol. The van der Waals surface area contributed by atoms with E-state index < -0.39 is 0 Å². The molecule has 4 rings (SSSR count). The molecule has 5 nitrogen and oxygen atoms in total. The fourth-order valence-corrected chi connectivity index (χ4v) is 3.22. The molecule has 2 N–H and O–H groups in total. The van der Waals surface area contributed by atoms with Gasteiger partial charge in [-0.1, -0.05) is 36.4 Å². The highest BCUT2D eigenvalue weighted by Crippen LogP contribution is 2.30. The number of anilines is 1. The number of amides is 2. The zero-order chi connectivity index (χ0) is 19.5. The van der Waals surface area contributed by atoms with Gasteiger partial charge >= 0.3 is 0 Å². The molecule has 0 radical (unpaired) electrons. The summed E-state index contributed by atoms with van der Waals surface area (Å²) in [6.07, 6.45) is 1.96. The molecule has 3 aromatic rings. The largest absolute Gasteiger partial charge is 0.496 e. The number of fused-ring (bicyclic) bond motifs is 1. The number of hydrogen-bond donors (Lipinski definition) is 2. The Morgan fingerprint density at radius 3 is 2.36 bits per heavy atom. The molecule has 5 heteroatoms. The number of methoxy groups -OCH3 is 1. The second-order valence-corrected chi connectivity index (χ2v) is 7.00. The van der Waals surface area contributed by atoms with Crippen molar-refractivity contribution < 1.29 is 14.3 Å². The minimum absolute atomic E-state index is 0.0902. The monoisotopic (exact) mass is 374 g/mol. The van der Waals surface area contributed by atoms with Crippen molar-refractivity contribution in [1.82, 2.24) is 5.32 Å². The minimum atomic E-state index is -0.134. The zero-order valence-electron chi connectivity index (χ0n) is 15.7. The molecule has 0 unspecified atom stereocenters. The quantitative estimate of drug-likeness (QED) is 0.682. The van der Waals surface area contributed by atoms with Crippen LogP contribution in [0.1, 0.15) is 28.8 Å². The Morgan fingerprint density at radius 1 is 0.964 bits per heavy atom. The van der Waals surface area contributed by atoms with Gasteiger partial charge in [0.1, 0.15) is 5.75 Å². The first kappa shape index (κ1) is 18.0. The summed E-state index contributed by atoms with van der Waals surface area (Å²) in [6, 6.07) is 18.9. The highest BCUT2D eigenvalue weighted by molar-refractivity contribution is 6.08. The molecule has 0 spiro atoms. The van der Waals surface area contributed by atoms with Gasteiger partial charge in [-0.2, -0.15) is 0 Å². The Balaban J connectivity index is 1.43. The van der Waals surface area contributed by atoms with Crippen molar-refractivity contribution in [3.8, 4) is 5.75 Å². The number of hydrogen-bond acceptors (Lipinski definition) is 3. The molecule has 0 heterocycles. The summed E-state index contributed by atoms with van der Waals surface area (Å²) < 4.78 is 5.39. The van der Waals surface area contributed by atoms with Crippen molar-refractivity contribution in [2.24, 2.45) is 5.92 Å². The van der Waals surface area contributed by atoms with Crippen LogP contribution in [0, 0.1) is 5.92 Å². The maximum Gasteiger partial charge on any atom is 0.252 e. The molecule has 1 aliphatic rings. The van der Waals surface area contributed by atoms with Gasteiger partial charge in [0, 0.05) is 29.1 Å². The fourth-order valence-electron chi connectivity index (χ4n) is 3.22. The molecule has 0 aliphatic heterocycles. The Morgan fingerprint density at radius 2 is 1.68 bits per heavy atom. The van der Waals surface area contributed by atoms with E-state index in [-0.39, 0.29) is 17.7 Å². The lowest BCUT2D eigenvalue weighted by Gasteiger charge is -2.11. The van der Waals surface area contributed by atoms with Crippen LogP contribution in [-0.2, 0) is 11.3 Å². The number of rotatable bonds is 6. The van der Waals surface area contributed by atoms with Gasteiger partial charge in [-0.05, 0) is 48.1 Å². The first-order valence-electron chi connectivity index (χ1n) is 9.39. The second-order valence-electron chi connectivity index (χ2n) is 7.00. The molecule has 142 valence electrons. The lowest BCUT2D eigenvalue weighted by Crippen LogP contribution is -2.23. The van der Waals surface area contributed by atoms with E-state index in [0.717, 1.165) is 40.6 Å². The van der Waals surface area contributed by atoms with E-state index in [4.69, 9.17) is 4.74 Å². The van der Waals surface area contributed by atoms with Gasteiger partial charge in [0.15, 0.2) is 0 Å². The summed E-state index contributed by atoms with van der Waals surface area (Å²) in [5, 5.41) is 7.65. The first-order chi connectivity index (χ1) is 13.7. The minimum Gasteiger partial charge on any atom is -0.496 e. The van der Waals surface area contributed by atoms with Gasteiger partial charge in [-0.15, -0.1) is 0 Å². The number of carbonyl (C=O) groups is 2. The standard InChI is InChI=1S/C23H22N2O3/c1-28-21-13-12-20(18-4-2-3-5-19(18)21)23(27)24-14-15-6-10-17(11-7-15)25-22(26)16-8-9-16/h2-7,10-13,16H,8-9,14H2,1H3,(H,24,27)(H,25,26). The van der Waals surface area contributed by atoms with Crippen LogP contribution < -0.4 is 15.4 Å². The maximum atomic E-state index is 12.7. The number of ether oxygens (including phenoxy) is 1. The highest BCUT2D eigenvalue weighted by Gasteiger charge is 2.29. The van der Waals surface area contributed by atoms with E-state index in [1.165, 1.54) is 0 Å². The Kier molecular flexibility index (Phi) is 4.98. The summed E-state index contributed by atoms with van der Waals surface area (Å²) >= 11 is 0. The van der Waals surface area contributed by atoms with Crippen molar-refractivity contribution in [3.63, 3.8) is 0 Å². The third-order valence-corrected chi connectivity index (χ3v) is 4.97. The Labute approximate surface area is 163 Å². The number of nitrogens with one attached hydrogen (secondary N) is 2. The van der Waals surface area contributed by atoms with Crippen LogP contribution in [0.25, 0.3) is 10.8 Å². The lowest BCUT2D eigenvalue weighted by molar-refractivity contribution is -0.117. The van der Waals surface area contributed by atoms with Crippen LogP contribution in [-0.4, -0.2) is 18.9 Å². The van der Waals surface area contributed by atoms with E-state index in [1.54, 1.807) is 13.2 Å². The molecule has 1 saturated carbocycles. The summed E-state index contributed by atoms with van der Waals surface area (Å²) in [4.78, 5) is 24.5. The van der Waals surface area contributed by atoms with Crippen molar-refractivity contribution in [2.45, 2.75) is 19.4 Å². The molecule has 1 aliphatic carbocycles. The van der Waals surface area contributed by atoms with Crippen LogP contribution in [0.2, 0.25) is 0 Å². The van der Waals surface area contributed by atoms with Crippen molar-refractivity contribution in [1.29, 1.82) is 0 Å². The van der Waals surface area contributed by atoms with Crippen molar-refractivity contribution >= 4 is 28.3 Å². The van der Waals surface area contributed by atoms with Gasteiger partial charge in [0.05, 0.1) is 7.11 Å². The van der Waals surface area contributed by atoms with E-state index in [2.05, 4.69) is 10.6 Å². The Bertz CT molecular complexity index is 1020. The molecule has 2 amide bonds. The van der Waals surface area contributed by atoms with E-state index in [9.17, 15) is 9.59 Å². The lowest BCUT2D eigenvalue weighted by atomic mass is 10.0. The third kappa shape index (κ3) is 3.83. The summed E-state index contributed by atoms with van der Waals surface area (Å²) in [5.41, 5.74) is 2.37. The molecule has 1 fully saturated rings. The average molecular weight is 374 g/mol. The summed E-state index contributed by atoms with van der Waals surface area (Å²) in [6.45, 7) is 0.413. The predicted octanol–water partition coefficient (Wildman–Crippen LogP) is 4.13. The SMILES string of the molecule is COc1ccc(C(=O)NCc2ccc(NC(=O)C3CC3)cc2)c2ccccc12. The van der Waals surface area contributed by atoms with Crippen LogP contribution in [0.3, 0.4) is 0 Å². The molecule has 0 bridgehead atoms. The average Bonchev–Trinajstić information content (AvgIpc) is 3.57. The third-order valence-electron chi connectivity index (χ3n) is 4.97. The second kappa shape index (κ2) is 7.72. The van der Waals surface area contributed by atoms with Crippen molar-refractivity contribution in [2.75, 3.05) is 12.4 Å². The fraction of sp³-hybridized carbons (Fsp3) is 0.217. The topological polar surface area (TPSA) is 67.4 Å². The van der Waals surface area contributed by atoms with Crippen LogP contribution >= 0.6 is 0 Å². The van der Waals surface area contributed by atoms with Crippen LogP contribution in [0.5, 0.6) is 5.75 Å². The van der Waals surface area contributed by atoms with Gasteiger partial charge in [0.2, 0.25) is 5.91 Å². The summed E-state index contributed by atoms with van der Waals surface area (Å²) in [7, 11) is 1.62.